The Morgan fingerprint density at radius 3 is 2.65 bits per heavy atom. The molecule has 2 nitrogen and oxygen atoms in total. The summed E-state index contributed by atoms with van der Waals surface area (Å²) in [5, 5.41) is 0. The molecule has 2 atom stereocenters. The Morgan fingerprint density at radius 1 is 1.29 bits per heavy atom. The normalized spacial score (nSPS) is 24.2. The van der Waals surface area contributed by atoms with Crippen LogP contribution in [0.5, 0.6) is 0 Å². The molecule has 0 aliphatic carbocycles. The molecule has 0 bridgehead atoms. The van der Waals surface area contributed by atoms with Crippen LogP contribution in [0.3, 0.4) is 0 Å². The van der Waals surface area contributed by atoms with Gasteiger partial charge in [0, 0.05) is 6.54 Å². The highest BCUT2D eigenvalue weighted by atomic mass is 15.1. The summed E-state index contributed by atoms with van der Waals surface area (Å²) in [4.78, 5) is 2.66. The summed E-state index contributed by atoms with van der Waals surface area (Å²) in [6.07, 6.45) is 6.75. The lowest BCUT2D eigenvalue weighted by atomic mass is 9.88. The molecule has 0 amide bonds. The molecule has 2 unspecified atom stereocenters. The number of hydrogen-bond acceptors (Lipinski definition) is 2. The van der Waals surface area contributed by atoms with E-state index >= 15 is 0 Å². The summed E-state index contributed by atoms with van der Waals surface area (Å²) in [5.74, 6) is 2.54. The van der Waals surface area contributed by atoms with Crippen LogP contribution in [0.4, 0.5) is 0 Å². The summed E-state index contributed by atoms with van der Waals surface area (Å²) >= 11 is 0. The highest BCUT2D eigenvalue weighted by molar-refractivity contribution is 4.71. The van der Waals surface area contributed by atoms with Crippen molar-refractivity contribution in [1.29, 1.82) is 0 Å². The molecule has 1 rings (SSSR count). The third-order valence-electron chi connectivity index (χ3n) is 4.27. The van der Waals surface area contributed by atoms with E-state index in [1.165, 1.54) is 51.7 Å². The van der Waals surface area contributed by atoms with Gasteiger partial charge in [-0.25, -0.2) is 0 Å². The molecule has 17 heavy (non-hydrogen) atoms. The molecule has 0 aromatic carbocycles. The van der Waals surface area contributed by atoms with Crippen molar-refractivity contribution < 1.29 is 0 Å². The molecule has 1 saturated heterocycles. The number of nitrogens with two attached hydrogens (primary N) is 1. The molecule has 1 aliphatic heterocycles. The summed E-state index contributed by atoms with van der Waals surface area (Å²) in [6.45, 7) is 11.9. The average molecular weight is 240 g/mol. The van der Waals surface area contributed by atoms with Crippen molar-refractivity contribution in [1.82, 2.24) is 4.90 Å². The van der Waals surface area contributed by atoms with Gasteiger partial charge < -0.3 is 10.6 Å². The second-order valence-corrected chi connectivity index (χ2v) is 6.27. The van der Waals surface area contributed by atoms with Crippen LogP contribution in [0.15, 0.2) is 0 Å². The van der Waals surface area contributed by atoms with Gasteiger partial charge in [-0.1, -0.05) is 20.8 Å². The maximum absolute atomic E-state index is 5.69. The van der Waals surface area contributed by atoms with Gasteiger partial charge in [-0.05, 0) is 69.5 Å². The van der Waals surface area contributed by atoms with Crippen molar-refractivity contribution in [2.45, 2.75) is 52.9 Å². The monoisotopic (exact) mass is 240 g/mol. The van der Waals surface area contributed by atoms with Crippen molar-refractivity contribution in [2.75, 3.05) is 26.2 Å². The van der Waals surface area contributed by atoms with Crippen LogP contribution in [-0.2, 0) is 0 Å². The molecule has 0 saturated carbocycles. The molecule has 1 heterocycles. The fraction of sp³-hybridized carbons (Fsp3) is 1.00. The molecular formula is C15H32N2. The molecule has 102 valence electrons. The summed E-state index contributed by atoms with van der Waals surface area (Å²) in [5.41, 5.74) is 5.69. The lowest BCUT2D eigenvalue weighted by molar-refractivity contribution is 0.174. The van der Waals surface area contributed by atoms with Crippen molar-refractivity contribution in [2.24, 2.45) is 23.5 Å². The Kier molecular flexibility index (Phi) is 7.14. The minimum atomic E-state index is 0.791. The number of nitrogens with zero attached hydrogens (tertiary/aromatic N) is 1. The zero-order valence-corrected chi connectivity index (χ0v) is 12.1. The topological polar surface area (TPSA) is 29.3 Å². The molecular weight excluding hydrogens is 208 g/mol. The van der Waals surface area contributed by atoms with Gasteiger partial charge in [0.25, 0.3) is 0 Å². The molecule has 0 radical (unpaired) electrons. The van der Waals surface area contributed by atoms with E-state index in [1.807, 2.05) is 0 Å². The van der Waals surface area contributed by atoms with Gasteiger partial charge in [-0.2, -0.15) is 0 Å². The zero-order valence-electron chi connectivity index (χ0n) is 12.1. The predicted molar refractivity (Wildman–Crippen MR) is 76.1 cm³/mol. The van der Waals surface area contributed by atoms with E-state index in [2.05, 4.69) is 25.7 Å². The first kappa shape index (κ1) is 15.0. The van der Waals surface area contributed by atoms with Gasteiger partial charge in [0.2, 0.25) is 0 Å². The van der Waals surface area contributed by atoms with E-state index in [4.69, 9.17) is 5.73 Å². The second-order valence-electron chi connectivity index (χ2n) is 6.27. The van der Waals surface area contributed by atoms with Crippen molar-refractivity contribution in [3.8, 4) is 0 Å². The quantitative estimate of drug-likeness (QED) is 0.741. The fourth-order valence-electron chi connectivity index (χ4n) is 3.09. The van der Waals surface area contributed by atoms with Gasteiger partial charge in [0.1, 0.15) is 0 Å². The Morgan fingerprint density at radius 2 is 2.06 bits per heavy atom. The van der Waals surface area contributed by atoms with E-state index in [1.54, 1.807) is 0 Å². The summed E-state index contributed by atoms with van der Waals surface area (Å²) < 4.78 is 0. The smallest absolute Gasteiger partial charge is 0.000703 e. The SMILES string of the molecule is CC1CCCN(CCCC(CCN)C(C)C)C1. The van der Waals surface area contributed by atoms with Gasteiger partial charge in [-0.15, -0.1) is 0 Å². The van der Waals surface area contributed by atoms with Crippen LogP contribution >= 0.6 is 0 Å². The number of rotatable bonds is 7. The Labute approximate surface area is 108 Å². The Hall–Kier alpha value is -0.0800. The maximum Gasteiger partial charge on any atom is 0.000703 e. The molecule has 1 aliphatic rings. The molecule has 0 spiro atoms. The summed E-state index contributed by atoms with van der Waals surface area (Å²) in [7, 11) is 0. The first-order valence-corrected chi connectivity index (χ1v) is 7.56. The molecule has 1 fully saturated rings. The van der Waals surface area contributed by atoms with Crippen LogP contribution in [0.1, 0.15) is 52.9 Å². The Bertz CT molecular complexity index is 191. The van der Waals surface area contributed by atoms with E-state index in [0.29, 0.717) is 0 Å². The highest BCUT2D eigenvalue weighted by Gasteiger charge is 2.17. The molecule has 0 aromatic heterocycles. The minimum absolute atomic E-state index is 0.791. The van der Waals surface area contributed by atoms with Crippen molar-refractivity contribution >= 4 is 0 Å². The number of piperidine rings is 1. The van der Waals surface area contributed by atoms with E-state index in [-0.39, 0.29) is 0 Å². The van der Waals surface area contributed by atoms with Crippen LogP contribution in [-0.4, -0.2) is 31.1 Å². The third-order valence-corrected chi connectivity index (χ3v) is 4.27. The van der Waals surface area contributed by atoms with Gasteiger partial charge >= 0.3 is 0 Å². The highest BCUT2D eigenvalue weighted by Crippen LogP contribution is 2.21. The first-order chi connectivity index (χ1) is 8.13. The van der Waals surface area contributed by atoms with Crippen LogP contribution in [0.2, 0.25) is 0 Å². The zero-order chi connectivity index (χ0) is 12.7. The molecule has 2 N–H and O–H groups in total. The number of hydrogen-bond donors (Lipinski definition) is 1. The third kappa shape index (κ3) is 5.87. The number of likely N-dealkylation sites (tertiary alicyclic amines) is 1. The Balaban J connectivity index is 2.16. The maximum atomic E-state index is 5.69. The average Bonchev–Trinajstić information content (AvgIpc) is 2.28. The predicted octanol–water partition coefficient (Wildman–Crippen LogP) is 3.12. The van der Waals surface area contributed by atoms with Gasteiger partial charge in [-0.3, -0.25) is 0 Å². The minimum Gasteiger partial charge on any atom is -0.330 e. The van der Waals surface area contributed by atoms with Gasteiger partial charge in [0.15, 0.2) is 0 Å². The fourth-order valence-corrected chi connectivity index (χ4v) is 3.09. The van der Waals surface area contributed by atoms with Crippen LogP contribution in [0.25, 0.3) is 0 Å². The lowest BCUT2D eigenvalue weighted by Gasteiger charge is -2.31. The summed E-state index contributed by atoms with van der Waals surface area (Å²) in [6, 6.07) is 0. The van der Waals surface area contributed by atoms with Crippen molar-refractivity contribution in [3.05, 3.63) is 0 Å². The van der Waals surface area contributed by atoms with Gasteiger partial charge in [0.05, 0.1) is 0 Å². The van der Waals surface area contributed by atoms with E-state index in [9.17, 15) is 0 Å². The van der Waals surface area contributed by atoms with Crippen molar-refractivity contribution in [3.63, 3.8) is 0 Å². The molecule has 0 aromatic rings. The van der Waals surface area contributed by atoms with Crippen LogP contribution < -0.4 is 5.73 Å². The first-order valence-electron chi connectivity index (χ1n) is 7.56. The second kappa shape index (κ2) is 8.10. The standard InChI is InChI=1S/C15H32N2/c1-13(2)15(8-9-16)7-5-11-17-10-4-6-14(3)12-17/h13-15H,4-12,16H2,1-3H3. The molecule has 2 heteroatoms. The van der Waals surface area contributed by atoms with Crippen LogP contribution in [0, 0.1) is 17.8 Å². The largest absolute Gasteiger partial charge is 0.330 e. The van der Waals surface area contributed by atoms with E-state index in [0.717, 1.165) is 24.3 Å². The lowest BCUT2D eigenvalue weighted by Crippen LogP contribution is -2.35. The van der Waals surface area contributed by atoms with E-state index < -0.39 is 0 Å².